The van der Waals surface area contributed by atoms with Gasteiger partial charge in [-0.1, -0.05) is 19.3 Å². The van der Waals surface area contributed by atoms with E-state index in [1.807, 2.05) is 19.0 Å². The summed E-state index contributed by atoms with van der Waals surface area (Å²) >= 11 is 0. The smallest absolute Gasteiger partial charge is 0.169 e. The van der Waals surface area contributed by atoms with Gasteiger partial charge in [0.1, 0.15) is 18.1 Å². The molecule has 9 heteroatoms. The Kier molecular flexibility index (Phi) is 6.57. The second kappa shape index (κ2) is 9.10. The van der Waals surface area contributed by atoms with Crippen LogP contribution in [0.5, 0.6) is 0 Å². The van der Waals surface area contributed by atoms with Crippen molar-refractivity contribution in [1.29, 1.82) is 0 Å². The standard InChI is InChI=1S/C19H26N6O3/c1-4-5-6-7-8-13-17-18(22-12-24(2)3)20-11-21-19(17)25(23-13)16-9-14(27)15(10-26)28-16/h11-12,14-16,26-27H,4-6,9-10H2,1-3H3/b22-12+/t14-,15+,16+/m0/s1. The Morgan fingerprint density at radius 1 is 1.43 bits per heavy atom. The number of aromatic nitrogens is 4. The second-order valence-corrected chi connectivity index (χ2v) is 6.92. The van der Waals surface area contributed by atoms with E-state index < -0.39 is 18.4 Å². The normalized spacial score (nSPS) is 22.0. The summed E-state index contributed by atoms with van der Waals surface area (Å²) in [5.41, 5.74) is 1.07. The number of ether oxygens (including phenoxy) is 1. The Hall–Kier alpha value is -2.54. The van der Waals surface area contributed by atoms with Gasteiger partial charge in [0.2, 0.25) is 0 Å². The molecule has 0 spiro atoms. The van der Waals surface area contributed by atoms with E-state index >= 15 is 0 Å². The van der Waals surface area contributed by atoms with Crippen molar-refractivity contribution < 1.29 is 14.9 Å². The first kappa shape index (κ1) is 20.2. The maximum atomic E-state index is 10.1. The number of aliphatic hydroxyl groups excluding tert-OH is 2. The maximum absolute atomic E-state index is 10.1. The van der Waals surface area contributed by atoms with Crippen molar-refractivity contribution in [3.05, 3.63) is 12.0 Å². The van der Waals surface area contributed by atoms with Crippen molar-refractivity contribution in [3.8, 4) is 11.8 Å². The predicted molar refractivity (Wildman–Crippen MR) is 105 cm³/mol. The van der Waals surface area contributed by atoms with Crippen LogP contribution < -0.4 is 0 Å². The topological polar surface area (TPSA) is 109 Å². The van der Waals surface area contributed by atoms with Gasteiger partial charge in [-0.2, -0.15) is 5.10 Å². The summed E-state index contributed by atoms with van der Waals surface area (Å²) in [5, 5.41) is 24.7. The molecule has 9 nitrogen and oxygen atoms in total. The third kappa shape index (κ3) is 4.30. The highest BCUT2D eigenvalue weighted by atomic mass is 16.5. The molecule has 0 aliphatic carbocycles. The van der Waals surface area contributed by atoms with E-state index in [2.05, 4.69) is 38.8 Å². The van der Waals surface area contributed by atoms with Crippen molar-refractivity contribution in [1.82, 2.24) is 24.6 Å². The van der Waals surface area contributed by atoms with Crippen LogP contribution in [0.2, 0.25) is 0 Å². The molecule has 1 aliphatic rings. The van der Waals surface area contributed by atoms with Gasteiger partial charge >= 0.3 is 0 Å². The van der Waals surface area contributed by atoms with Gasteiger partial charge in [-0.05, 0) is 12.3 Å². The Morgan fingerprint density at radius 2 is 2.25 bits per heavy atom. The zero-order valence-corrected chi connectivity index (χ0v) is 16.4. The van der Waals surface area contributed by atoms with Crippen LogP contribution in [0.25, 0.3) is 11.0 Å². The van der Waals surface area contributed by atoms with E-state index in [4.69, 9.17) is 4.74 Å². The first-order valence-corrected chi connectivity index (χ1v) is 9.42. The summed E-state index contributed by atoms with van der Waals surface area (Å²) in [7, 11) is 3.75. The third-order valence-electron chi connectivity index (χ3n) is 4.40. The molecule has 2 N–H and O–H groups in total. The number of unbranched alkanes of at least 4 members (excludes halogenated alkanes) is 2. The molecule has 2 aromatic rings. The Labute approximate surface area is 164 Å². The van der Waals surface area contributed by atoms with Crippen LogP contribution in [0, 0.1) is 11.8 Å². The van der Waals surface area contributed by atoms with E-state index in [0.29, 0.717) is 29.0 Å². The second-order valence-electron chi connectivity index (χ2n) is 6.92. The first-order valence-electron chi connectivity index (χ1n) is 9.42. The van der Waals surface area contributed by atoms with Crippen molar-refractivity contribution >= 4 is 23.2 Å². The number of rotatable bonds is 6. The molecular formula is C19H26N6O3. The molecule has 2 aromatic heterocycles. The van der Waals surface area contributed by atoms with Gasteiger partial charge in [0, 0.05) is 26.9 Å². The summed E-state index contributed by atoms with van der Waals surface area (Å²) < 4.78 is 7.36. The van der Waals surface area contributed by atoms with Gasteiger partial charge in [-0.3, -0.25) is 0 Å². The number of fused-ring (bicyclic) bond motifs is 1. The van der Waals surface area contributed by atoms with Crippen LogP contribution in [0.3, 0.4) is 0 Å². The summed E-state index contributed by atoms with van der Waals surface area (Å²) in [5.74, 6) is 6.73. The summed E-state index contributed by atoms with van der Waals surface area (Å²) in [6.07, 6.45) is 4.31. The van der Waals surface area contributed by atoms with E-state index in [-0.39, 0.29) is 6.61 Å². The fraction of sp³-hybridized carbons (Fsp3) is 0.579. The summed E-state index contributed by atoms with van der Waals surface area (Å²) in [6.45, 7) is 1.86. The lowest BCUT2D eigenvalue weighted by molar-refractivity contribution is -0.0470. The van der Waals surface area contributed by atoms with Crippen LogP contribution >= 0.6 is 0 Å². The highest BCUT2D eigenvalue weighted by Crippen LogP contribution is 2.33. The Balaban J connectivity index is 2.07. The van der Waals surface area contributed by atoms with Crippen LogP contribution in [-0.4, -0.2) is 74.1 Å². The van der Waals surface area contributed by atoms with E-state index in [0.717, 1.165) is 19.3 Å². The number of nitrogens with zero attached hydrogens (tertiary/aromatic N) is 6. The fourth-order valence-electron chi connectivity index (χ4n) is 2.95. The number of hydrogen-bond donors (Lipinski definition) is 2. The van der Waals surface area contributed by atoms with Gasteiger partial charge in [-0.25, -0.2) is 19.6 Å². The quantitative estimate of drug-likeness (QED) is 0.333. The highest BCUT2D eigenvalue weighted by molar-refractivity contribution is 5.91. The molecular weight excluding hydrogens is 360 g/mol. The van der Waals surface area contributed by atoms with Crippen LogP contribution in [-0.2, 0) is 4.74 Å². The van der Waals surface area contributed by atoms with Crippen LogP contribution in [0.1, 0.15) is 44.5 Å². The Bertz CT molecular complexity index is 898. The molecule has 1 saturated heterocycles. The van der Waals surface area contributed by atoms with Gasteiger partial charge < -0.3 is 19.8 Å². The van der Waals surface area contributed by atoms with Crippen molar-refractivity contribution in [2.24, 2.45) is 4.99 Å². The molecule has 3 heterocycles. The molecule has 0 saturated carbocycles. The Morgan fingerprint density at radius 3 is 2.93 bits per heavy atom. The van der Waals surface area contributed by atoms with Crippen LogP contribution in [0.4, 0.5) is 5.82 Å². The summed E-state index contributed by atoms with van der Waals surface area (Å²) in [4.78, 5) is 14.9. The number of aliphatic imine (C=N–C) groups is 1. The minimum absolute atomic E-state index is 0.256. The molecule has 150 valence electrons. The van der Waals surface area contributed by atoms with Gasteiger partial charge in [0.25, 0.3) is 0 Å². The minimum Gasteiger partial charge on any atom is -0.394 e. The third-order valence-corrected chi connectivity index (χ3v) is 4.40. The zero-order valence-electron chi connectivity index (χ0n) is 16.4. The molecule has 0 bridgehead atoms. The lowest BCUT2D eigenvalue weighted by Gasteiger charge is -2.12. The maximum Gasteiger partial charge on any atom is 0.169 e. The van der Waals surface area contributed by atoms with E-state index in [1.165, 1.54) is 6.33 Å². The zero-order chi connectivity index (χ0) is 20.1. The lowest BCUT2D eigenvalue weighted by atomic mass is 10.2. The largest absolute Gasteiger partial charge is 0.394 e. The molecule has 0 unspecified atom stereocenters. The van der Waals surface area contributed by atoms with Gasteiger partial charge in [-0.15, -0.1) is 0 Å². The molecule has 28 heavy (non-hydrogen) atoms. The van der Waals surface area contributed by atoms with Crippen LogP contribution in [0.15, 0.2) is 11.3 Å². The monoisotopic (exact) mass is 386 g/mol. The van der Waals surface area contributed by atoms with Crippen molar-refractivity contribution in [3.63, 3.8) is 0 Å². The van der Waals surface area contributed by atoms with E-state index in [9.17, 15) is 10.2 Å². The fourth-order valence-corrected chi connectivity index (χ4v) is 2.95. The molecule has 1 aliphatic heterocycles. The minimum atomic E-state index is -0.763. The molecule has 3 atom stereocenters. The number of hydrogen-bond acceptors (Lipinski definition) is 7. The van der Waals surface area contributed by atoms with Gasteiger partial charge in [0.05, 0.1) is 24.4 Å². The first-order chi connectivity index (χ1) is 13.5. The molecule has 3 rings (SSSR count). The van der Waals surface area contributed by atoms with E-state index in [1.54, 1.807) is 11.0 Å². The van der Waals surface area contributed by atoms with Crippen molar-refractivity contribution in [2.45, 2.75) is 51.0 Å². The molecule has 0 radical (unpaired) electrons. The molecule has 0 aromatic carbocycles. The predicted octanol–water partition coefficient (Wildman–Crippen LogP) is 1.23. The SMILES string of the molecule is CCCCC#Cc1nn([C@H]2C[C@H](O)[C@@H](CO)O2)c2ncnc(/N=C/N(C)C)c12. The number of aliphatic hydroxyl groups is 2. The molecule has 0 amide bonds. The van der Waals surface area contributed by atoms with Crippen molar-refractivity contribution in [2.75, 3.05) is 20.7 Å². The summed E-state index contributed by atoms with van der Waals surface area (Å²) in [6, 6.07) is 0. The highest BCUT2D eigenvalue weighted by Gasteiger charge is 2.36. The average molecular weight is 386 g/mol. The van der Waals surface area contributed by atoms with Gasteiger partial charge in [0.15, 0.2) is 17.7 Å². The molecule has 1 fully saturated rings. The average Bonchev–Trinajstić information content (AvgIpc) is 3.24. The lowest BCUT2D eigenvalue weighted by Crippen LogP contribution is -2.24.